The summed E-state index contributed by atoms with van der Waals surface area (Å²) in [6.07, 6.45) is 2.30. The van der Waals surface area contributed by atoms with Crippen molar-refractivity contribution in [2.24, 2.45) is 0 Å². The quantitative estimate of drug-likeness (QED) is 0.567. The minimum atomic E-state index is 0.174. The van der Waals surface area contributed by atoms with Crippen LogP contribution in [0.1, 0.15) is 18.6 Å². The van der Waals surface area contributed by atoms with Crippen molar-refractivity contribution in [2.75, 3.05) is 6.61 Å². The molecule has 6 nitrogen and oxygen atoms in total. The number of nitrogens with one attached hydrogen (secondary N) is 1. The molecule has 136 valence electrons. The summed E-state index contributed by atoms with van der Waals surface area (Å²) in [4.78, 5) is 0. The highest BCUT2D eigenvalue weighted by molar-refractivity contribution is 9.10. The van der Waals surface area contributed by atoms with Crippen LogP contribution in [0.2, 0.25) is 0 Å². The highest BCUT2D eigenvalue weighted by atomic mass is 79.9. The summed E-state index contributed by atoms with van der Waals surface area (Å²) >= 11 is 8.77. The number of nitrogens with zero attached hydrogens (tertiary/aromatic N) is 2. The Kier molecular flexibility index (Phi) is 5.23. The van der Waals surface area contributed by atoms with E-state index in [0.29, 0.717) is 29.5 Å². The van der Waals surface area contributed by atoms with E-state index in [0.717, 1.165) is 35.4 Å². The molecular formula is C18H18BrN3O3S. The van der Waals surface area contributed by atoms with Gasteiger partial charge in [-0.05, 0) is 61.5 Å². The van der Waals surface area contributed by atoms with Crippen LogP contribution in [0, 0.1) is 4.77 Å². The summed E-state index contributed by atoms with van der Waals surface area (Å²) in [5, 5.41) is 7.17. The average Bonchev–Trinajstić information content (AvgIpc) is 3.38. The summed E-state index contributed by atoms with van der Waals surface area (Å²) in [7, 11) is 0. The molecule has 1 aliphatic heterocycles. The zero-order valence-electron chi connectivity index (χ0n) is 14.0. The third-order valence-corrected chi connectivity index (χ3v) is 5.09. The van der Waals surface area contributed by atoms with Crippen LogP contribution >= 0.6 is 28.1 Å². The molecular weight excluding hydrogens is 418 g/mol. The van der Waals surface area contributed by atoms with Crippen molar-refractivity contribution < 1.29 is 13.9 Å². The molecule has 1 aliphatic rings. The van der Waals surface area contributed by atoms with Crippen molar-refractivity contribution in [1.29, 1.82) is 0 Å². The fraction of sp³-hybridized carbons (Fsp3) is 0.333. The molecule has 4 rings (SSSR count). The molecule has 0 bridgehead atoms. The molecule has 3 aromatic rings. The molecule has 26 heavy (non-hydrogen) atoms. The predicted molar refractivity (Wildman–Crippen MR) is 103 cm³/mol. The molecule has 3 heterocycles. The van der Waals surface area contributed by atoms with Gasteiger partial charge < -0.3 is 13.9 Å². The smallest absolute Gasteiger partial charge is 0.198 e. The van der Waals surface area contributed by atoms with Crippen molar-refractivity contribution >= 4 is 28.1 Å². The first-order valence-corrected chi connectivity index (χ1v) is 9.63. The average molecular weight is 436 g/mol. The molecule has 0 spiro atoms. The van der Waals surface area contributed by atoms with Gasteiger partial charge in [-0.25, -0.2) is 0 Å². The number of furan rings is 1. The Morgan fingerprint density at radius 3 is 2.88 bits per heavy atom. The van der Waals surface area contributed by atoms with E-state index in [1.165, 1.54) is 0 Å². The maximum absolute atomic E-state index is 5.91. The standard InChI is InChI=1S/C18H18BrN3O3S/c19-12-3-5-13(6-4-12)24-11-15-7-8-16(25-15)17-20-21-18(26)22(17)10-14-2-1-9-23-14/h3-8,14H,1-2,9-11H2,(H,21,26). The Morgan fingerprint density at radius 2 is 2.12 bits per heavy atom. The number of rotatable bonds is 6. The Labute approximate surface area is 164 Å². The van der Waals surface area contributed by atoms with Gasteiger partial charge in [0, 0.05) is 11.1 Å². The van der Waals surface area contributed by atoms with Gasteiger partial charge in [0.2, 0.25) is 0 Å². The summed E-state index contributed by atoms with van der Waals surface area (Å²) in [6, 6.07) is 11.5. The molecule has 1 N–H and O–H groups in total. The molecule has 0 aliphatic carbocycles. The summed E-state index contributed by atoms with van der Waals surface area (Å²) in [5.74, 6) is 2.85. The normalized spacial score (nSPS) is 16.9. The van der Waals surface area contributed by atoms with Gasteiger partial charge in [-0.15, -0.1) is 0 Å². The second-order valence-electron chi connectivity index (χ2n) is 6.11. The highest BCUT2D eigenvalue weighted by Crippen LogP contribution is 2.24. The molecule has 1 unspecified atom stereocenters. The van der Waals surface area contributed by atoms with E-state index >= 15 is 0 Å². The third kappa shape index (κ3) is 3.92. The van der Waals surface area contributed by atoms with E-state index in [-0.39, 0.29) is 6.10 Å². The predicted octanol–water partition coefficient (Wildman–Crippen LogP) is 4.72. The number of hydrogen-bond acceptors (Lipinski definition) is 5. The van der Waals surface area contributed by atoms with Crippen LogP contribution < -0.4 is 4.74 Å². The van der Waals surface area contributed by atoms with E-state index < -0.39 is 0 Å². The number of aromatic nitrogens is 3. The van der Waals surface area contributed by atoms with Gasteiger partial charge in [0.15, 0.2) is 16.4 Å². The molecule has 8 heteroatoms. The van der Waals surface area contributed by atoms with Gasteiger partial charge in [0.1, 0.15) is 18.1 Å². The molecule has 0 amide bonds. The van der Waals surface area contributed by atoms with E-state index in [9.17, 15) is 0 Å². The number of H-pyrrole nitrogens is 1. The zero-order chi connectivity index (χ0) is 17.9. The Balaban J connectivity index is 1.47. The fourth-order valence-corrected chi connectivity index (χ4v) is 3.40. The van der Waals surface area contributed by atoms with Gasteiger partial charge in [-0.3, -0.25) is 9.67 Å². The van der Waals surface area contributed by atoms with Gasteiger partial charge in [0.25, 0.3) is 0 Å². The first kappa shape index (κ1) is 17.5. The molecule has 1 fully saturated rings. The van der Waals surface area contributed by atoms with E-state index in [1.807, 2.05) is 41.0 Å². The third-order valence-electron chi connectivity index (χ3n) is 4.25. The largest absolute Gasteiger partial charge is 0.486 e. The number of hydrogen-bond donors (Lipinski definition) is 1. The van der Waals surface area contributed by atoms with Gasteiger partial charge in [0.05, 0.1) is 12.6 Å². The van der Waals surface area contributed by atoms with Gasteiger partial charge in [-0.1, -0.05) is 15.9 Å². The summed E-state index contributed by atoms with van der Waals surface area (Å²) < 4.78 is 20.9. The Hall–Kier alpha value is -1.90. The van der Waals surface area contributed by atoms with Crippen molar-refractivity contribution in [3.8, 4) is 17.3 Å². The summed E-state index contributed by atoms with van der Waals surface area (Å²) in [5.41, 5.74) is 0. The number of aromatic amines is 1. The van der Waals surface area contributed by atoms with Crippen molar-refractivity contribution in [3.63, 3.8) is 0 Å². The lowest BCUT2D eigenvalue weighted by atomic mass is 10.2. The minimum absolute atomic E-state index is 0.174. The van der Waals surface area contributed by atoms with E-state index in [1.54, 1.807) is 0 Å². The lowest BCUT2D eigenvalue weighted by molar-refractivity contribution is 0.0969. The van der Waals surface area contributed by atoms with Crippen molar-refractivity contribution in [3.05, 3.63) is 51.4 Å². The van der Waals surface area contributed by atoms with Crippen LogP contribution in [0.25, 0.3) is 11.6 Å². The monoisotopic (exact) mass is 435 g/mol. The fourth-order valence-electron chi connectivity index (χ4n) is 2.93. The molecule has 1 atom stereocenters. The SMILES string of the molecule is S=c1[nH]nc(-c2ccc(COc3ccc(Br)cc3)o2)n1CC1CCCO1. The van der Waals surface area contributed by atoms with Crippen molar-refractivity contribution in [2.45, 2.75) is 32.1 Å². The lowest BCUT2D eigenvalue weighted by Gasteiger charge is -2.11. The van der Waals surface area contributed by atoms with Crippen LogP contribution in [-0.4, -0.2) is 27.5 Å². The zero-order valence-corrected chi connectivity index (χ0v) is 16.4. The molecule has 2 aromatic heterocycles. The summed E-state index contributed by atoms with van der Waals surface area (Å²) in [6.45, 7) is 1.83. The van der Waals surface area contributed by atoms with E-state index in [2.05, 4.69) is 26.1 Å². The molecule has 1 saturated heterocycles. The van der Waals surface area contributed by atoms with Crippen LogP contribution in [0.3, 0.4) is 0 Å². The maximum Gasteiger partial charge on any atom is 0.198 e. The number of benzene rings is 1. The molecule has 0 saturated carbocycles. The van der Waals surface area contributed by atoms with Crippen molar-refractivity contribution in [1.82, 2.24) is 14.8 Å². The van der Waals surface area contributed by atoms with Crippen LogP contribution in [0.5, 0.6) is 5.75 Å². The Bertz CT molecular complexity index is 926. The van der Waals surface area contributed by atoms with Gasteiger partial charge in [-0.2, -0.15) is 5.10 Å². The van der Waals surface area contributed by atoms with Crippen LogP contribution in [-0.2, 0) is 17.9 Å². The second kappa shape index (κ2) is 7.77. The van der Waals surface area contributed by atoms with Gasteiger partial charge >= 0.3 is 0 Å². The van der Waals surface area contributed by atoms with E-state index in [4.69, 9.17) is 26.1 Å². The maximum atomic E-state index is 5.91. The Morgan fingerprint density at radius 1 is 1.27 bits per heavy atom. The minimum Gasteiger partial charge on any atom is -0.486 e. The number of ether oxygens (including phenoxy) is 2. The molecule has 1 aromatic carbocycles. The van der Waals surface area contributed by atoms with Crippen LogP contribution in [0.15, 0.2) is 45.3 Å². The van der Waals surface area contributed by atoms with Crippen LogP contribution in [0.4, 0.5) is 0 Å². The molecule has 0 radical (unpaired) electrons. The number of halogens is 1. The topological polar surface area (TPSA) is 65.2 Å². The first-order valence-electron chi connectivity index (χ1n) is 8.43. The highest BCUT2D eigenvalue weighted by Gasteiger charge is 2.20. The first-order chi connectivity index (χ1) is 12.7. The second-order valence-corrected chi connectivity index (χ2v) is 7.41. The lowest BCUT2D eigenvalue weighted by Crippen LogP contribution is -2.15.